The van der Waals surface area contributed by atoms with E-state index in [4.69, 9.17) is 4.98 Å². The predicted octanol–water partition coefficient (Wildman–Crippen LogP) is 4.42. The van der Waals surface area contributed by atoms with Gasteiger partial charge in [0, 0.05) is 67.1 Å². The van der Waals surface area contributed by atoms with Crippen LogP contribution >= 0.6 is 0 Å². The van der Waals surface area contributed by atoms with E-state index in [2.05, 4.69) is 72.1 Å². The van der Waals surface area contributed by atoms with Crippen LogP contribution in [0.25, 0.3) is 17.3 Å². The van der Waals surface area contributed by atoms with Crippen molar-refractivity contribution in [1.29, 1.82) is 0 Å². The molecule has 1 aliphatic carbocycles. The van der Waals surface area contributed by atoms with Crippen LogP contribution in [0.2, 0.25) is 0 Å². The molecule has 0 bridgehead atoms. The summed E-state index contributed by atoms with van der Waals surface area (Å²) in [6, 6.07) is 13.8. The predicted molar refractivity (Wildman–Crippen MR) is 127 cm³/mol. The van der Waals surface area contributed by atoms with E-state index in [0.717, 1.165) is 50.5 Å². The second-order valence-electron chi connectivity index (χ2n) is 9.03. The topological polar surface area (TPSA) is 37.2 Å². The van der Waals surface area contributed by atoms with Crippen LogP contribution in [0.5, 0.6) is 0 Å². The molecular weight excluding hydrogens is 382 g/mol. The van der Waals surface area contributed by atoms with Crippen LogP contribution in [0, 0.1) is 6.92 Å². The van der Waals surface area contributed by atoms with Gasteiger partial charge in [-0.15, -0.1) is 0 Å². The number of aromatic nitrogens is 3. The standard InChI is InChI=1S/C26H31N5/c1-19(2)29-11-13-30(14-12-29)24-7-5-22(6-8-24)26-25-17-21(18-31-10-4-9-27-31)16-23(25)15-20(3)28-26/h4-10,15,17,19H,11-14,16,18H2,1-3H3. The monoisotopic (exact) mass is 413 g/mol. The maximum atomic E-state index is 4.93. The summed E-state index contributed by atoms with van der Waals surface area (Å²) in [6.45, 7) is 12.0. The zero-order valence-corrected chi connectivity index (χ0v) is 18.8. The summed E-state index contributed by atoms with van der Waals surface area (Å²) < 4.78 is 1.99. The Bertz CT molecular complexity index is 1070. The van der Waals surface area contributed by atoms with Crippen molar-refractivity contribution in [3.05, 3.63) is 71.2 Å². The number of nitrogens with zero attached hydrogens (tertiary/aromatic N) is 5. The highest BCUT2D eigenvalue weighted by atomic mass is 15.3. The zero-order chi connectivity index (χ0) is 21.4. The molecule has 0 saturated carbocycles. The molecule has 0 unspecified atom stereocenters. The first-order valence-corrected chi connectivity index (χ1v) is 11.3. The van der Waals surface area contributed by atoms with E-state index in [9.17, 15) is 0 Å². The van der Waals surface area contributed by atoms with E-state index in [1.54, 1.807) is 0 Å². The summed E-state index contributed by atoms with van der Waals surface area (Å²) in [5.74, 6) is 0. The molecule has 2 aromatic heterocycles. The van der Waals surface area contributed by atoms with Crippen LogP contribution in [0.15, 0.2) is 54.4 Å². The molecule has 1 aromatic carbocycles. The van der Waals surface area contributed by atoms with E-state index < -0.39 is 0 Å². The lowest BCUT2D eigenvalue weighted by Gasteiger charge is -2.38. The van der Waals surface area contributed by atoms with E-state index in [0.29, 0.717) is 6.04 Å². The van der Waals surface area contributed by atoms with Gasteiger partial charge in [-0.3, -0.25) is 14.6 Å². The summed E-state index contributed by atoms with van der Waals surface area (Å²) >= 11 is 0. The average Bonchev–Trinajstić information content (AvgIpc) is 3.43. The van der Waals surface area contributed by atoms with Gasteiger partial charge >= 0.3 is 0 Å². The molecule has 5 nitrogen and oxygen atoms in total. The van der Waals surface area contributed by atoms with Crippen molar-refractivity contribution in [3.63, 3.8) is 0 Å². The van der Waals surface area contributed by atoms with Gasteiger partial charge in [0.05, 0.1) is 12.2 Å². The maximum Gasteiger partial charge on any atom is 0.0780 e. The Labute approximate surface area is 185 Å². The van der Waals surface area contributed by atoms with Gasteiger partial charge in [0.25, 0.3) is 0 Å². The Balaban J connectivity index is 1.37. The first-order chi connectivity index (χ1) is 15.1. The van der Waals surface area contributed by atoms with Crippen molar-refractivity contribution >= 4 is 11.8 Å². The minimum atomic E-state index is 0.630. The quantitative estimate of drug-likeness (QED) is 0.620. The molecule has 0 amide bonds. The number of benzene rings is 1. The summed E-state index contributed by atoms with van der Waals surface area (Å²) in [6.07, 6.45) is 7.15. The lowest BCUT2D eigenvalue weighted by molar-refractivity contribution is 0.209. The molecule has 5 heteroatoms. The van der Waals surface area contributed by atoms with Crippen molar-refractivity contribution in [2.75, 3.05) is 31.1 Å². The fraction of sp³-hybridized carbons (Fsp3) is 0.385. The Morgan fingerprint density at radius 1 is 1.03 bits per heavy atom. The highest BCUT2D eigenvalue weighted by Crippen LogP contribution is 2.34. The van der Waals surface area contributed by atoms with Crippen LogP contribution in [-0.4, -0.2) is 51.9 Å². The van der Waals surface area contributed by atoms with Gasteiger partial charge in [-0.25, -0.2) is 0 Å². The molecule has 0 radical (unpaired) electrons. The van der Waals surface area contributed by atoms with Crippen LogP contribution in [0.1, 0.15) is 30.7 Å². The van der Waals surface area contributed by atoms with Crippen molar-refractivity contribution in [1.82, 2.24) is 19.7 Å². The van der Waals surface area contributed by atoms with Crippen molar-refractivity contribution in [2.45, 2.75) is 39.8 Å². The molecule has 31 heavy (non-hydrogen) atoms. The molecule has 160 valence electrons. The normalized spacial score (nSPS) is 16.6. The lowest BCUT2D eigenvalue weighted by Crippen LogP contribution is -2.48. The average molecular weight is 414 g/mol. The Morgan fingerprint density at radius 2 is 1.81 bits per heavy atom. The zero-order valence-electron chi connectivity index (χ0n) is 18.8. The van der Waals surface area contributed by atoms with E-state index in [1.165, 1.54) is 28.0 Å². The van der Waals surface area contributed by atoms with Gasteiger partial charge in [0.15, 0.2) is 0 Å². The molecule has 0 atom stereocenters. The van der Waals surface area contributed by atoms with Crippen LogP contribution in [0.3, 0.4) is 0 Å². The Hall–Kier alpha value is -2.92. The molecule has 0 N–H and O–H groups in total. The Kier molecular flexibility index (Phi) is 5.36. The number of piperazine rings is 1. The summed E-state index contributed by atoms with van der Waals surface area (Å²) in [5, 5.41) is 4.36. The van der Waals surface area contributed by atoms with Gasteiger partial charge in [-0.1, -0.05) is 18.2 Å². The number of hydrogen-bond donors (Lipinski definition) is 0. The third-order valence-electron chi connectivity index (χ3n) is 6.51. The van der Waals surface area contributed by atoms with Crippen LogP contribution in [0.4, 0.5) is 5.69 Å². The second kappa shape index (κ2) is 8.31. The molecule has 2 aliphatic rings. The number of allylic oxidation sites excluding steroid dienone is 1. The second-order valence-corrected chi connectivity index (χ2v) is 9.03. The summed E-state index contributed by atoms with van der Waals surface area (Å²) in [5.41, 5.74) is 8.71. The molecule has 1 aliphatic heterocycles. The fourth-order valence-electron chi connectivity index (χ4n) is 4.81. The summed E-state index contributed by atoms with van der Waals surface area (Å²) in [4.78, 5) is 9.98. The molecule has 3 aromatic rings. The van der Waals surface area contributed by atoms with Gasteiger partial charge in [-0.2, -0.15) is 5.10 Å². The van der Waals surface area contributed by atoms with Gasteiger partial charge < -0.3 is 4.90 Å². The number of pyridine rings is 1. The highest BCUT2D eigenvalue weighted by Gasteiger charge is 2.21. The molecular formula is C26H31N5. The first-order valence-electron chi connectivity index (χ1n) is 11.3. The van der Waals surface area contributed by atoms with Gasteiger partial charge in [0.1, 0.15) is 0 Å². The number of anilines is 1. The highest BCUT2D eigenvalue weighted by molar-refractivity contribution is 5.79. The molecule has 5 rings (SSSR count). The number of rotatable bonds is 5. The number of fused-ring (bicyclic) bond motifs is 1. The maximum absolute atomic E-state index is 4.93. The number of aryl methyl sites for hydroxylation is 1. The van der Waals surface area contributed by atoms with Crippen LogP contribution in [-0.2, 0) is 13.0 Å². The van der Waals surface area contributed by atoms with Gasteiger partial charge in [0.2, 0.25) is 0 Å². The third-order valence-corrected chi connectivity index (χ3v) is 6.51. The Morgan fingerprint density at radius 3 is 2.48 bits per heavy atom. The molecule has 1 saturated heterocycles. The summed E-state index contributed by atoms with van der Waals surface area (Å²) in [7, 11) is 0. The van der Waals surface area contributed by atoms with Crippen LogP contribution < -0.4 is 4.90 Å². The van der Waals surface area contributed by atoms with Crippen molar-refractivity contribution < 1.29 is 0 Å². The van der Waals surface area contributed by atoms with E-state index in [1.807, 2.05) is 23.1 Å². The van der Waals surface area contributed by atoms with E-state index in [-0.39, 0.29) is 0 Å². The minimum Gasteiger partial charge on any atom is -0.369 e. The van der Waals surface area contributed by atoms with Gasteiger partial charge in [-0.05, 0) is 62.6 Å². The lowest BCUT2D eigenvalue weighted by atomic mass is 10.0. The molecule has 1 fully saturated rings. The van der Waals surface area contributed by atoms with Crippen molar-refractivity contribution in [3.8, 4) is 11.3 Å². The first kappa shape index (κ1) is 20.0. The molecule has 0 spiro atoms. The fourth-order valence-corrected chi connectivity index (χ4v) is 4.81. The SMILES string of the molecule is Cc1cc2c(c(-c3ccc(N4CCN(C(C)C)CC4)cc3)n1)C=C(Cn1cccn1)C2. The smallest absolute Gasteiger partial charge is 0.0780 e. The number of hydrogen-bond acceptors (Lipinski definition) is 4. The largest absolute Gasteiger partial charge is 0.369 e. The minimum absolute atomic E-state index is 0.630. The van der Waals surface area contributed by atoms with E-state index >= 15 is 0 Å². The van der Waals surface area contributed by atoms with Crippen molar-refractivity contribution in [2.24, 2.45) is 0 Å². The molecule has 3 heterocycles. The third kappa shape index (κ3) is 4.15.